The Morgan fingerprint density at radius 3 is 2.71 bits per heavy atom. The van der Waals surface area contributed by atoms with Crippen molar-refractivity contribution in [1.29, 1.82) is 0 Å². The molecule has 0 atom stereocenters. The summed E-state index contributed by atoms with van der Waals surface area (Å²) < 4.78 is 0. The fourth-order valence-electron chi connectivity index (χ4n) is 1.60. The lowest BCUT2D eigenvalue weighted by molar-refractivity contribution is 0.0950. The third-order valence-corrected chi connectivity index (χ3v) is 3.35. The first-order valence-corrected chi connectivity index (χ1v) is 7.21. The van der Waals surface area contributed by atoms with E-state index < -0.39 is 0 Å². The van der Waals surface area contributed by atoms with E-state index in [1.54, 1.807) is 29.6 Å². The van der Waals surface area contributed by atoms with Gasteiger partial charge in [-0.1, -0.05) is 23.2 Å². The van der Waals surface area contributed by atoms with Gasteiger partial charge in [0.2, 0.25) is 0 Å². The van der Waals surface area contributed by atoms with Crippen molar-refractivity contribution in [2.24, 2.45) is 0 Å². The van der Waals surface area contributed by atoms with Gasteiger partial charge >= 0.3 is 4.87 Å². The maximum Gasteiger partial charge on any atom is 0.304 e. The number of H-pyrrole nitrogens is 1. The first kappa shape index (κ1) is 15.0. The molecule has 0 saturated carbocycles. The lowest BCUT2D eigenvalue weighted by Gasteiger charge is -2.03. The second kappa shape index (κ2) is 7.43. The predicted octanol–water partition coefficient (Wildman–Crippen LogP) is 1.10. The smallest absolute Gasteiger partial charge is 0.304 e. The molecule has 0 bridgehead atoms. The van der Waals surface area contributed by atoms with Crippen molar-refractivity contribution >= 4 is 17.2 Å². The summed E-state index contributed by atoms with van der Waals surface area (Å²) in [6.45, 7) is 0.327. The highest BCUT2D eigenvalue weighted by Crippen LogP contribution is 2.04. The average molecular weight is 302 g/mol. The van der Waals surface area contributed by atoms with E-state index in [2.05, 4.69) is 22.1 Å². The normalized spacial score (nSPS) is 9.76. The zero-order chi connectivity index (χ0) is 15.1. The molecule has 108 valence electrons. The van der Waals surface area contributed by atoms with Gasteiger partial charge in [0.15, 0.2) is 0 Å². The van der Waals surface area contributed by atoms with Crippen LogP contribution in [0.4, 0.5) is 0 Å². The number of carbonyl (C=O) groups is 1. The van der Waals surface area contributed by atoms with Crippen molar-refractivity contribution in [2.45, 2.75) is 13.0 Å². The quantitative estimate of drug-likeness (QED) is 0.740. The van der Waals surface area contributed by atoms with Crippen LogP contribution >= 0.6 is 11.3 Å². The Labute approximate surface area is 125 Å². The fraction of sp³-hybridized carbons (Fsp3) is 0.200. The van der Waals surface area contributed by atoms with Crippen LogP contribution in [-0.2, 0) is 6.54 Å². The number of aromatic amines is 1. The van der Waals surface area contributed by atoms with E-state index in [1.807, 2.05) is 0 Å². The zero-order valence-corrected chi connectivity index (χ0v) is 12.0. The number of carbonyl (C=O) groups excluding carboxylic acids is 1. The van der Waals surface area contributed by atoms with Gasteiger partial charge in [0.05, 0.1) is 13.2 Å². The molecule has 0 aliphatic carbocycles. The molecule has 0 aliphatic rings. The minimum absolute atomic E-state index is 0.0398. The van der Waals surface area contributed by atoms with Crippen LogP contribution in [-0.4, -0.2) is 22.6 Å². The Bertz CT molecular complexity index is 720. The van der Waals surface area contributed by atoms with E-state index in [9.17, 15) is 9.59 Å². The lowest BCUT2D eigenvalue weighted by Crippen LogP contribution is -2.23. The molecule has 0 spiro atoms. The number of aliphatic hydroxyl groups is 1. The van der Waals surface area contributed by atoms with Crippen molar-refractivity contribution in [3.05, 3.63) is 56.1 Å². The summed E-state index contributed by atoms with van der Waals surface area (Å²) in [5, 5.41) is 13.1. The molecule has 0 fully saturated rings. The monoisotopic (exact) mass is 302 g/mol. The number of hydrogen-bond donors (Lipinski definition) is 3. The minimum atomic E-state index is -0.211. The maximum absolute atomic E-state index is 11.9. The molecule has 1 heterocycles. The highest BCUT2D eigenvalue weighted by molar-refractivity contribution is 7.07. The van der Waals surface area contributed by atoms with Crippen molar-refractivity contribution in [2.75, 3.05) is 6.61 Å². The highest BCUT2D eigenvalue weighted by atomic mass is 32.1. The van der Waals surface area contributed by atoms with Crippen molar-refractivity contribution in [3.8, 4) is 11.8 Å². The molecule has 1 aromatic carbocycles. The highest BCUT2D eigenvalue weighted by Gasteiger charge is 2.05. The van der Waals surface area contributed by atoms with Gasteiger partial charge in [-0.2, -0.15) is 0 Å². The van der Waals surface area contributed by atoms with Gasteiger partial charge in [-0.05, 0) is 24.3 Å². The molecular formula is C15H14N2O3S. The summed E-state index contributed by atoms with van der Waals surface area (Å²) in [6.07, 6.45) is 0.432. The summed E-state index contributed by atoms with van der Waals surface area (Å²) in [7, 11) is 0. The number of hydrogen-bond acceptors (Lipinski definition) is 4. The van der Waals surface area contributed by atoms with Crippen molar-refractivity contribution < 1.29 is 9.90 Å². The first-order valence-electron chi connectivity index (χ1n) is 6.34. The average Bonchev–Trinajstić information content (AvgIpc) is 2.91. The van der Waals surface area contributed by atoms with Gasteiger partial charge in [-0.3, -0.25) is 9.59 Å². The molecule has 0 radical (unpaired) electrons. The minimum Gasteiger partial charge on any atom is -0.395 e. The van der Waals surface area contributed by atoms with Crippen LogP contribution in [0.25, 0.3) is 0 Å². The molecule has 21 heavy (non-hydrogen) atoms. The molecule has 5 nitrogen and oxygen atoms in total. The number of aromatic nitrogens is 1. The van der Waals surface area contributed by atoms with Gasteiger partial charge in [-0.15, -0.1) is 0 Å². The van der Waals surface area contributed by atoms with E-state index in [0.717, 1.165) is 16.9 Å². The number of rotatable bonds is 4. The Morgan fingerprint density at radius 1 is 1.33 bits per heavy atom. The van der Waals surface area contributed by atoms with Crippen LogP contribution in [0.3, 0.4) is 0 Å². The van der Waals surface area contributed by atoms with Crippen LogP contribution in [0.15, 0.2) is 34.4 Å². The molecule has 0 unspecified atom stereocenters. The van der Waals surface area contributed by atoms with Crippen molar-refractivity contribution in [3.63, 3.8) is 0 Å². The summed E-state index contributed by atoms with van der Waals surface area (Å²) in [5.74, 6) is 5.50. The molecule has 2 aromatic rings. The summed E-state index contributed by atoms with van der Waals surface area (Å²) >= 11 is 1.07. The molecule has 2 rings (SSSR count). The molecule has 0 aliphatic heterocycles. The largest absolute Gasteiger partial charge is 0.395 e. The molecular weight excluding hydrogens is 288 g/mol. The first-order chi connectivity index (χ1) is 10.2. The fourth-order valence-corrected chi connectivity index (χ4v) is 2.19. The molecule has 3 N–H and O–H groups in total. The number of nitrogens with one attached hydrogen (secondary N) is 2. The van der Waals surface area contributed by atoms with Gasteiger partial charge in [0.1, 0.15) is 0 Å². The molecule has 6 heteroatoms. The predicted molar refractivity (Wildman–Crippen MR) is 81.1 cm³/mol. The van der Waals surface area contributed by atoms with Crippen LogP contribution < -0.4 is 10.2 Å². The number of benzene rings is 1. The van der Waals surface area contributed by atoms with E-state index in [0.29, 0.717) is 17.7 Å². The van der Waals surface area contributed by atoms with Crippen LogP contribution in [0, 0.1) is 11.8 Å². The van der Waals surface area contributed by atoms with E-state index in [4.69, 9.17) is 5.11 Å². The lowest BCUT2D eigenvalue weighted by atomic mass is 10.1. The number of aliphatic hydroxyl groups excluding tert-OH is 1. The van der Waals surface area contributed by atoms with Gasteiger partial charge in [-0.25, -0.2) is 0 Å². The maximum atomic E-state index is 11.9. The summed E-state index contributed by atoms with van der Waals surface area (Å²) in [4.78, 5) is 25.4. The standard InChI is InChI=1S/C15H14N2O3S/c18-8-2-1-3-11-4-6-12(7-5-11)14(19)16-9-13-10-21-15(20)17-13/h4-7,10,18H,2,8-9H2,(H,16,19)(H,17,20). The Balaban J connectivity index is 1.93. The molecule has 1 aromatic heterocycles. The molecule has 1 amide bonds. The van der Waals surface area contributed by atoms with Gasteiger partial charge in [0.25, 0.3) is 5.91 Å². The second-order valence-corrected chi connectivity index (χ2v) is 5.05. The second-order valence-electron chi connectivity index (χ2n) is 4.21. The number of thiazole rings is 1. The Morgan fingerprint density at radius 2 is 2.10 bits per heavy atom. The topological polar surface area (TPSA) is 82.2 Å². The summed E-state index contributed by atoms with van der Waals surface area (Å²) in [5.41, 5.74) is 2.01. The molecule has 0 saturated heterocycles. The Kier molecular flexibility index (Phi) is 5.32. The third-order valence-electron chi connectivity index (χ3n) is 2.63. The third kappa shape index (κ3) is 4.60. The van der Waals surface area contributed by atoms with Gasteiger partial charge < -0.3 is 15.4 Å². The van der Waals surface area contributed by atoms with Gasteiger partial charge in [0, 0.05) is 28.6 Å². The van der Waals surface area contributed by atoms with Crippen LogP contribution in [0.2, 0.25) is 0 Å². The van der Waals surface area contributed by atoms with Crippen molar-refractivity contribution in [1.82, 2.24) is 10.3 Å². The SMILES string of the molecule is O=C(NCc1csc(=O)[nH]1)c1ccc(C#CCCO)cc1. The van der Waals surface area contributed by atoms with Crippen LogP contribution in [0.1, 0.15) is 28.0 Å². The van der Waals surface area contributed by atoms with Crippen LogP contribution in [0.5, 0.6) is 0 Å². The summed E-state index contributed by atoms with van der Waals surface area (Å²) in [6, 6.07) is 6.89. The zero-order valence-electron chi connectivity index (χ0n) is 11.2. The van der Waals surface area contributed by atoms with E-state index in [-0.39, 0.29) is 23.9 Å². The van der Waals surface area contributed by atoms with E-state index in [1.165, 1.54) is 0 Å². The Hall–Kier alpha value is -2.36. The van der Waals surface area contributed by atoms with E-state index >= 15 is 0 Å². The number of amides is 1.